The van der Waals surface area contributed by atoms with E-state index in [0.717, 1.165) is 17.3 Å². The Kier molecular flexibility index (Phi) is 7.37. The predicted molar refractivity (Wildman–Crippen MR) is 114 cm³/mol. The van der Waals surface area contributed by atoms with Gasteiger partial charge in [-0.15, -0.1) is 10.2 Å². The standard InChI is InChI=1S/C21H19ClN2O5S/c1-3-27-18-10-14(11-19(20(25)26)30-21-24-23-13(2)29-21)8-9-17(18)28-12-15-6-4-5-7-16(15)22/h4-11H,3,12H2,1-2H3,(H,25,26)/b19-11-. The van der Waals surface area contributed by atoms with Gasteiger partial charge in [0.05, 0.1) is 6.61 Å². The number of rotatable bonds is 9. The molecule has 0 saturated heterocycles. The van der Waals surface area contributed by atoms with Crippen LogP contribution in [0.1, 0.15) is 23.9 Å². The zero-order chi connectivity index (χ0) is 21.5. The van der Waals surface area contributed by atoms with Crippen molar-refractivity contribution in [3.63, 3.8) is 0 Å². The number of carboxylic acids is 1. The van der Waals surface area contributed by atoms with E-state index in [9.17, 15) is 9.90 Å². The van der Waals surface area contributed by atoms with Crippen molar-refractivity contribution in [2.24, 2.45) is 0 Å². The topological polar surface area (TPSA) is 94.7 Å². The molecule has 9 heteroatoms. The van der Waals surface area contributed by atoms with Crippen LogP contribution in [-0.2, 0) is 11.4 Å². The van der Waals surface area contributed by atoms with Gasteiger partial charge in [0.2, 0.25) is 5.89 Å². The second-order valence-electron chi connectivity index (χ2n) is 6.02. The molecule has 0 aliphatic heterocycles. The summed E-state index contributed by atoms with van der Waals surface area (Å²) in [5.74, 6) is 0.293. The fourth-order valence-electron chi connectivity index (χ4n) is 2.47. The summed E-state index contributed by atoms with van der Waals surface area (Å²) in [4.78, 5) is 11.7. The van der Waals surface area contributed by atoms with Crippen molar-refractivity contribution in [1.82, 2.24) is 10.2 Å². The quantitative estimate of drug-likeness (QED) is 0.353. The molecule has 1 aromatic heterocycles. The van der Waals surface area contributed by atoms with Gasteiger partial charge in [0.1, 0.15) is 11.5 Å². The lowest BCUT2D eigenvalue weighted by molar-refractivity contribution is -0.131. The average Bonchev–Trinajstić information content (AvgIpc) is 3.13. The van der Waals surface area contributed by atoms with E-state index in [4.69, 9.17) is 25.5 Å². The molecule has 0 spiro atoms. The molecular weight excluding hydrogens is 428 g/mol. The molecule has 1 N–H and O–H groups in total. The SMILES string of the molecule is CCOc1cc(/C=C(\Sc2nnc(C)o2)C(=O)O)ccc1OCc1ccccc1Cl. The van der Waals surface area contributed by atoms with Gasteiger partial charge in [0.15, 0.2) is 11.5 Å². The highest BCUT2D eigenvalue weighted by atomic mass is 35.5. The number of nitrogens with zero attached hydrogens (tertiary/aromatic N) is 2. The van der Waals surface area contributed by atoms with Crippen LogP contribution in [0, 0.1) is 6.92 Å². The predicted octanol–water partition coefficient (Wildman–Crippen LogP) is 5.23. The third-order valence-corrected chi connectivity index (χ3v) is 5.04. The number of aromatic nitrogens is 2. The second kappa shape index (κ2) is 10.2. The van der Waals surface area contributed by atoms with E-state index in [-0.39, 0.29) is 16.7 Å². The fourth-order valence-corrected chi connectivity index (χ4v) is 3.38. The average molecular weight is 447 g/mol. The molecule has 0 bridgehead atoms. The molecular formula is C21H19ClN2O5S. The number of benzene rings is 2. The van der Waals surface area contributed by atoms with Crippen molar-refractivity contribution in [3.05, 3.63) is 69.4 Å². The molecule has 0 aliphatic rings. The maximum Gasteiger partial charge on any atom is 0.342 e. The Balaban J connectivity index is 1.82. The first-order valence-electron chi connectivity index (χ1n) is 9.02. The van der Waals surface area contributed by atoms with Crippen molar-refractivity contribution >= 4 is 35.4 Å². The molecule has 0 atom stereocenters. The molecule has 0 radical (unpaired) electrons. The number of ether oxygens (including phenoxy) is 2. The summed E-state index contributed by atoms with van der Waals surface area (Å²) in [6.45, 7) is 4.20. The molecule has 1 heterocycles. The van der Waals surface area contributed by atoms with E-state index in [1.807, 2.05) is 25.1 Å². The molecule has 0 aliphatic carbocycles. The van der Waals surface area contributed by atoms with Crippen LogP contribution in [0.5, 0.6) is 11.5 Å². The van der Waals surface area contributed by atoms with Crippen molar-refractivity contribution in [2.75, 3.05) is 6.61 Å². The number of aliphatic carboxylic acids is 1. The Morgan fingerprint density at radius 3 is 2.67 bits per heavy atom. The molecule has 0 fully saturated rings. The Morgan fingerprint density at radius 2 is 2.00 bits per heavy atom. The minimum Gasteiger partial charge on any atom is -0.490 e. The number of hydrogen-bond acceptors (Lipinski definition) is 7. The monoisotopic (exact) mass is 446 g/mol. The second-order valence-corrected chi connectivity index (χ2v) is 7.42. The van der Waals surface area contributed by atoms with Gasteiger partial charge < -0.3 is 19.0 Å². The van der Waals surface area contributed by atoms with Crippen LogP contribution < -0.4 is 9.47 Å². The summed E-state index contributed by atoms with van der Waals surface area (Å²) in [6, 6.07) is 12.6. The first-order valence-corrected chi connectivity index (χ1v) is 10.2. The van der Waals surface area contributed by atoms with Gasteiger partial charge in [-0.25, -0.2) is 4.79 Å². The summed E-state index contributed by atoms with van der Waals surface area (Å²) in [5.41, 5.74) is 1.48. The molecule has 0 amide bonds. The van der Waals surface area contributed by atoms with Gasteiger partial charge in [-0.2, -0.15) is 0 Å². The first-order chi connectivity index (χ1) is 14.5. The van der Waals surface area contributed by atoms with Crippen LogP contribution in [0.3, 0.4) is 0 Å². The minimum absolute atomic E-state index is 0.0332. The highest BCUT2D eigenvalue weighted by Gasteiger charge is 2.15. The fraction of sp³-hybridized carbons (Fsp3) is 0.190. The molecule has 3 aromatic rings. The summed E-state index contributed by atoms with van der Waals surface area (Å²) < 4.78 is 16.8. The van der Waals surface area contributed by atoms with Crippen LogP contribution in [-0.4, -0.2) is 27.9 Å². The number of halogens is 1. The lowest BCUT2D eigenvalue weighted by atomic mass is 10.2. The van der Waals surface area contributed by atoms with Crippen molar-refractivity contribution < 1.29 is 23.8 Å². The normalized spacial score (nSPS) is 11.4. The van der Waals surface area contributed by atoms with E-state index >= 15 is 0 Å². The lowest BCUT2D eigenvalue weighted by Gasteiger charge is -2.13. The molecule has 0 unspecified atom stereocenters. The largest absolute Gasteiger partial charge is 0.490 e. The van der Waals surface area contributed by atoms with E-state index in [0.29, 0.717) is 34.6 Å². The summed E-state index contributed by atoms with van der Waals surface area (Å²) in [7, 11) is 0. The van der Waals surface area contributed by atoms with E-state index < -0.39 is 5.97 Å². The lowest BCUT2D eigenvalue weighted by Crippen LogP contribution is -2.01. The van der Waals surface area contributed by atoms with Crippen LogP contribution in [0.4, 0.5) is 0 Å². The van der Waals surface area contributed by atoms with Crippen LogP contribution >= 0.6 is 23.4 Å². The van der Waals surface area contributed by atoms with E-state index in [1.54, 1.807) is 31.2 Å². The highest BCUT2D eigenvalue weighted by Crippen LogP contribution is 2.33. The van der Waals surface area contributed by atoms with Gasteiger partial charge >= 0.3 is 5.97 Å². The number of thioether (sulfide) groups is 1. The molecule has 0 saturated carbocycles. The van der Waals surface area contributed by atoms with Gasteiger partial charge in [-0.1, -0.05) is 35.9 Å². The third-order valence-electron chi connectivity index (χ3n) is 3.82. The molecule has 2 aromatic carbocycles. The molecule has 30 heavy (non-hydrogen) atoms. The van der Waals surface area contributed by atoms with Crippen LogP contribution in [0.2, 0.25) is 5.02 Å². The zero-order valence-electron chi connectivity index (χ0n) is 16.3. The van der Waals surface area contributed by atoms with Gasteiger partial charge in [0.25, 0.3) is 5.22 Å². The summed E-state index contributed by atoms with van der Waals surface area (Å²) in [5, 5.41) is 17.8. The molecule has 7 nitrogen and oxygen atoms in total. The number of carboxylic acid groups (broad SMARTS) is 1. The molecule has 156 valence electrons. The van der Waals surface area contributed by atoms with E-state index in [1.165, 1.54) is 6.08 Å². The smallest absolute Gasteiger partial charge is 0.342 e. The third kappa shape index (κ3) is 5.77. The van der Waals surface area contributed by atoms with Crippen molar-refractivity contribution in [2.45, 2.75) is 25.7 Å². The Bertz CT molecular complexity index is 1070. The van der Waals surface area contributed by atoms with Crippen molar-refractivity contribution in [1.29, 1.82) is 0 Å². The highest BCUT2D eigenvalue weighted by molar-refractivity contribution is 8.03. The van der Waals surface area contributed by atoms with Gasteiger partial charge in [0, 0.05) is 17.5 Å². The number of aryl methyl sites for hydroxylation is 1. The Labute approximate surface area is 182 Å². The van der Waals surface area contributed by atoms with Gasteiger partial charge in [-0.3, -0.25) is 0 Å². The van der Waals surface area contributed by atoms with E-state index in [2.05, 4.69) is 10.2 Å². The Hall–Kier alpha value is -2.97. The molecule has 3 rings (SSSR count). The minimum atomic E-state index is -1.10. The van der Waals surface area contributed by atoms with Crippen LogP contribution in [0.15, 0.2) is 57.0 Å². The summed E-state index contributed by atoms with van der Waals surface area (Å²) in [6.07, 6.45) is 1.51. The maximum absolute atomic E-state index is 11.6. The maximum atomic E-state index is 11.6. The van der Waals surface area contributed by atoms with Gasteiger partial charge in [-0.05, 0) is 48.5 Å². The first kappa shape index (κ1) is 21.7. The van der Waals surface area contributed by atoms with Crippen LogP contribution in [0.25, 0.3) is 6.08 Å². The summed E-state index contributed by atoms with van der Waals surface area (Å²) >= 11 is 7.06. The Morgan fingerprint density at radius 1 is 1.20 bits per heavy atom. The zero-order valence-corrected chi connectivity index (χ0v) is 17.9. The van der Waals surface area contributed by atoms with Crippen molar-refractivity contribution in [3.8, 4) is 11.5 Å². The number of hydrogen-bond donors (Lipinski definition) is 1. The number of carbonyl (C=O) groups is 1.